The van der Waals surface area contributed by atoms with Crippen molar-refractivity contribution < 1.29 is 19.1 Å². The van der Waals surface area contributed by atoms with Crippen molar-refractivity contribution in [2.75, 3.05) is 13.7 Å². The molecule has 0 spiro atoms. The van der Waals surface area contributed by atoms with E-state index in [1.807, 2.05) is 57.2 Å². The zero-order valence-corrected chi connectivity index (χ0v) is 17.5. The molecule has 0 radical (unpaired) electrons. The first kappa shape index (κ1) is 20.6. The third-order valence-corrected chi connectivity index (χ3v) is 5.52. The summed E-state index contributed by atoms with van der Waals surface area (Å²) in [5.41, 5.74) is 3.14. The summed E-state index contributed by atoms with van der Waals surface area (Å²) < 4.78 is 5.35. The molecule has 3 amide bonds. The predicted molar refractivity (Wildman–Crippen MR) is 110 cm³/mol. The van der Waals surface area contributed by atoms with Crippen molar-refractivity contribution in [1.82, 2.24) is 10.2 Å². The van der Waals surface area contributed by atoms with Gasteiger partial charge in [-0.2, -0.15) is 0 Å². The zero-order chi connectivity index (χ0) is 21.3. The molecule has 0 bridgehead atoms. The molecule has 29 heavy (non-hydrogen) atoms. The van der Waals surface area contributed by atoms with Crippen LogP contribution in [0.1, 0.15) is 39.5 Å². The Morgan fingerprint density at radius 2 is 1.72 bits per heavy atom. The van der Waals surface area contributed by atoms with Crippen LogP contribution in [0.4, 0.5) is 4.79 Å². The molecule has 3 rings (SSSR count). The van der Waals surface area contributed by atoms with Crippen LogP contribution < -0.4 is 10.1 Å². The minimum absolute atomic E-state index is 0.254. The van der Waals surface area contributed by atoms with Crippen LogP contribution in [-0.4, -0.2) is 41.8 Å². The van der Waals surface area contributed by atoms with E-state index in [4.69, 9.17) is 4.74 Å². The average molecular weight is 394 g/mol. The molecule has 1 saturated heterocycles. The lowest BCUT2D eigenvalue weighted by Crippen LogP contribution is -2.46. The number of imide groups is 1. The average Bonchev–Trinajstić information content (AvgIpc) is 2.88. The molecule has 2 aromatic carbocycles. The van der Waals surface area contributed by atoms with Gasteiger partial charge in [0, 0.05) is 12.0 Å². The maximum atomic E-state index is 13.1. The fourth-order valence-corrected chi connectivity index (χ4v) is 3.73. The molecule has 152 valence electrons. The van der Waals surface area contributed by atoms with Crippen molar-refractivity contribution in [2.24, 2.45) is 0 Å². The lowest BCUT2D eigenvalue weighted by molar-refractivity contribution is -0.130. The van der Waals surface area contributed by atoms with Gasteiger partial charge in [0.15, 0.2) is 5.78 Å². The van der Waals surface area contributed by atoms with Gasteiger partial charge < -0.3 is 10.1 Å². The van der Waals surface area contributed by atoms with Crippen molar-refractivity contribution in [3.05, 3.63) is 64.2 Å². The van der Waals surface area contributed by atoms with Gasteiger partial charge in [0.2, 0.25) is 0 Å². The Bertz CT molecular complexity index is 998. The number of Topliss-reactive ketones (excluding diaryl/α,β-unsaturated/α-hetero) is 1. The molecule has 1 heterocycles. The minimum atomic E-state index is -1.13. The van der Waals surface area contributed by atoms with Crippen molar-refractivity contribution >= 4 is 17.7 Å². The fraction of sp³-hybridized carbons (Fsp3) is 0.348. The first-order valence-electron chi connectivity index (χ1n) is 9.53. The van der Waals surface area contributed by atoms with Gasteiger partial charge in [0.05, 0.1) is 13.7 Å². The highest BCUT2D eigenvalue weighted by Crippen LogP contribution is 2.28. The number of ether oxygens (including phenoxy) is 1. The standard InChI is InChI=1S/C23H26N2O4/c1-14-10-16(3)18(11-15(14)2)19(26)13-25-21(27)23(4,24-22(25)28)12-17-8-6-7-9-20(17)29-5/h6-11H,12-13H2,1-5H3,(H,24,28)/t23-/m0/s1. The van der Waals surface area contributed by atoms with E-state index < -0.39 is 17.5 Å². The third kappa shape index (κ3) is 3.88. The number of para-hydroxylation sites is 1. The van der Waals surface area contributed by atoms with Crippen LogP contribution in [0, 0.1) is 20.8 Å². The Labute approximate surface area is 170 Å². The van der Waals surface area contributed by atoms with E-state index >= 15 is 0 Å². The highest BCUT2D eigenvalue weighted by atomic mass is 16.5. The molecule has 1 fully saturated rings. The molecular formula is C23H26N2O4. The number of nitrogens with one attached hydrogen (secondary N) is 1. The number of urea groups is 1. The molecule has 0 aliphatic carbocycles. The van der Waals surface area contributed by atoms with E-state index in [1.165, 1.54) is 0 Å². The summed E-state index contributed by atoms with van der Waals surface area (Å²) in [6.45, 7) is 7.17. The van der Waals surface area contributed by atoms with Gasteiger partial charge >= 0.3 is 6.03 Å². The Balaban J connectivity index is 1.82. The Morgan fingerprint density at radius 3 is 2.41 bits per heavy atom. The van der Waals surface area contributed by atoms with Gasteiger partial charge in [-0.25, -0.2) is 4.79 Å². The van der Waals surface area contributed by atoms with Gasteiger partial charge in [0.25, 0.3) is 5.91 Å². The molecule has 6 nitrogen and oxygen atoms in total. The van der Waals surface area contributed by atoms with Crippen LogP contribution in [0.25, 0.3) is 0 Å². The topological polar surface area (TPSA) is 75.7 Å². The zero-order valence-electron chi connectivity index (χ0n) is 17.5. The normalized spacial score (nSPS) is 18.7. The molecule has 6 heteroatoms. The van der Waals surface area contributed by atoms with Gasteiger partial charge in [-0.3, -0.25) is 14.5 Å². The van der Waals surface area contributed by atoms with E-state index in [0.29, 0.717) is 11.3 Å². The monoisotopic (exact) mass is 394 g/mol. The number of hydrogen-bond donors (Lipinski definition) is 1. The van der Waals surface area contributed by atoms with Crippen molar-refractivity contribution in [2.45, 2.75) is 39.7 Å². The Hall–Kier alpha value is -3.15. The van der Waals surface area contributed by atoms with Gasteiger partial charge in [-0.15, -0.1) is 0 Å². The maximum Gasteiger partial charge on any atom is 0.325 e. The number of amides is 3. The molecule has 1 atom stereocenters. The SMILES string of the molecule is COc1ccccc1C[C@]1(C)NC(=O)N(CC(=O)c2cc(C)c(C)cc2C)C1=O. The van der Waals surface area contributed by atoms with E-state index in [9.17, 15) is 14.4 Å². The van der Waals surface area contributed by atoms with Crippen LogP contribution in [0.3, 0.4) is 0 Å². The number of carbonyl (C=O) groups excluding carboxylic acids is 3. The second-order valence-corrected chi connectivity index (χ2v) is 7.82. The van der Waals surface area contributed by atoms with Crippen LogP contribution >= 0.6 is 0 Å². The molecule has 0 saturated carbocycles. The highest BCUT2D eigenvalue weighted by molar-refractivity contribution is 6.11. The minimum Gasteiger partial charge on any atom is -0.496 e. The lowest BCUT2D eigenvalue weighted by atomic mass is 9.92. The summed E-state index contributed by atoms with van der Waals surface area (Å²) >= 11 is 0. The number of benzene rings is 2. The molecule has 2 aromatic rings. The molecule has 0 aromatic heterocycles. The van der Waals surface area contributed by atoms with Crippen LogP contribution in [0.5, 0.6) is 5.75 Å². The largest absolute Gasteiger partial charge is 0.496 e. The second kappa shape index (κ2) is 7.70. The predicted octanol–water partition coefficient (Wildman–Crippen LogP) is 3.36. The van der Waals surface area contributed by atoms with Crippen LogP contribution in [-0.2, 0) is 11.2 Å². The lowest BCUT2D eigenvalue weighted by Gasteiger charge is -2.22. The van der Waals surface area contributed by atoms with E-state index in [2.05, 4.69) is 5.32 Å². The van der Waals surface area contributed by atoms with Crippen LogP contribution in [0.2, 0.25) is 0 Å². The molecular weight excluding hydrogens is 368 g/mol. The summed E-state index contributed by atoms with van der Waals surface area (Å²) in [4.78, 5) is 39.5. The summed E-state index contributed by atoms with van der Waals surface area (Å²) in [5.74, 6) is -0.0186. The molecule has 0 unspecified atom stereocenters. The van der Waals surface area contributed by atoms with Crippen LogP contribution in [0.15, 0.2) is 36.4 Å². The number of methoxy groups -OCH3 is 1. The summed E-state index contributed by atoms with van der Waals surface area (Å²) in [5, 5.41) is 2.75. The number of ketones is 1. The first-order valence-corrected chi connectivity index (χ1v) is 9.53. The summed E-state index contributed by atoms with van der Waals surface area (Å²) in [6, 6.07) is 10.6. The van der Waals surface area contributed by atoms with Gasteiger partial charge in [-0.1, -0.05) is 24.3 Å². The van der Waals surface area contributed by atoms with E-state index in [-0.39, 0.29) is 18.7 Å². The fourth-order valence-electron chi connectivity index (χ4n) is 3.73. The number of rotatable bonds is 6. The number of carbonyl (C=O) groups is 3. The van der Waals surface area contributed by atoms with E-state index in [1.54, 1.807) is 14.0 Å². The smallest absolute Gasteiger partial charge is 0.325 e. The maximum absolute atomic E-state index is 13.1. The Morgan fingerprint density at radius 1 is 1.07 bits per heavy atom. The number of hydrogen-bond acceptors (Lipinski definition) is 4. The number of aryl methyl sites for hydroxylation is 3. The molecule has 1 aliphatic rings. The van der Waals surface area contributed by atoms with Gasteiger partial charge in [0.1, 0.15) is 11.3 Å². The van der Waals surface area contributed by atoms with Crippen molar-refractivity contribution in [3.8, 4) is 5.75 Å². The highest BCUT2D eigenvalue weighted by Gasteiger charge is 2.48. The third-order valence-electron chi connectivity index (χ3n) is 5.52. The Kier molecular flexibility index (Phi) is 5.46. The second-order valence-electron chi connectivity index (χ2n) is 7.82. The quantitative estimate of drug-likeness (QED) is 0.602. The molecule has 1 aliphatic heterocycles. The summed E-state index contributed by atoms with van der Waals surface area (Å²) in [6.07, 6.45) is 0.273. The molecule has 1 N–H and O–H groups in total. The summed E-state index contributed by atoms with van der Waals surface area (Å²) in [7, 11) is 1.56. The number of nitrogens with zero attached hydrogens (tertiary/aromatic N) is 1. The van der Waals surface area contributed by atoms with E-state index in [0.717, 1.165) is 27.2 Å². The van der Waals surface area contributed by atoms with Crippen molar-refractivity contribution in [3.63, 3.8) is 0 Å². The van der Waals surface area contributed by atoms with Gasteiger partial charge in [-0.05, 0) is 62.1 Å². The van der Waals surface area contributed by atoms with Crippen molar-refractivity contribution in [1.29, 1.82) is 0 Å². The first-order chi connectivity index (χ1) is 13.7.